The van der Waals surface area contributed by atoms with Crippen LogP contribution in [-0.4, -0.2) is 40.9 Å². The van der Waals surface area contributed by atoms with E-state index >= 15 is 0 Å². The van der Waals surface area contributed by atoms with E-state index in [1.807, 2.05) is 0 Å². The first kappa shape index (κ1) is 21.4. The van der Waals surface area contributed by atoms with Crippen molar-refractivity contribution in [3.63, 3.8) is 0 Å². The molecule has 176 valence electrons. The minimum atomic E-state index is -0.374. The summed E-state index contributed by atoms with van der Waals surface area (Å²) in [4.78, 5) is 0. The number of fused-ring (bicyclic) bond motifs is 7. The molecule has 31 heavy (non-hydrogen) atoms. The molecule has 6 fully saturated rings. The fraction of sp³-hybridized carbons (Fsp3) is 1.00. The Morgan fingerprint density at radius 1 is 0.871 bits per heavy atom. The van der Waals surface area contributed by atoms with Crippen molar-refractivity contribution in [2.45, 2.75) is 110 Å². The van der Waals surface area contributed by atoms with E-state index in [0.29, 0.717) is 47.5 Å². The Balaban J connectivity index is 1.29. The summed E-state index contributed by atoms with van der Waals surface area (Å²) in [6.45, 7) is 10.4. The van der Waals surface area contributed by atoms with Gasteiger partial charge in [0.05, 0.1) is 24.9 Å². The Morgan fingerprint density at radius 3 is 2.42 bits per heavy atom. The number of hydrogen-bond acceptors (Lipinski definition) is 4. The second-order valence-corrected chi connectivity index (χ2v) is 13.3. The van der Waals surface area contributed by atoms with Crippen molar-refractivity contribution in [1.29, 1.82) is 0 Å². The molecule has 0 aromatic rings. The van der Waals surface area contributed by atoms with E-state index in [1.165, 1.54) is 19.3 Å². The minimum absolute atomic E-state index is 0.130. The highest BCUT2D eigenvalue weighted by atomic mass is 16.7. The number of rotatable bonds is 0. The van der Waals surface area contributed by atoms with Crippen LogP contribution in [0.4, 0.5) is 0 Å². The van der Waals surface area contributed by atoms with E-state index < -0.39 is 0 Å². The summed E-state index contributed by atoms with van der Waals surface area (Å²) in [5.41, 5.74) is 0.342. The molecule has 1 spiro atoms. The Bertz CT molecular complexity index is 716. The molecule has 4 aliphatic carbocycles. The molecule has 0 aromatic heterocycles. The summed E-state index contributed by atoms with van der Waals surface area (Å²) in [5.74, 6) is 3.40. The quantitative estimate of drug-likeness (QED) is 0.579. The summed E-state index contributed by atoms with van der Waals surface area (Å²) in [7, 11) is 0. The second-order valence-electron chi connectivity index (χ2n) is 13.3. The number of ether oxygens (including phenoxy) is 2. The highest BCUT2D eigenvalue weighted by molar-refractivity contribution is 5.17. The zero-order valence-electron chi connectivity index (χ0n) is 20.1. The van der Waals surface area contributed by atoms with E-state index in [2.05, 4.69) is 27.7 Å². The first-order valence-corrected chi connectivity index (χ1v) is 13.4. The Morgan fingerprint density at radius 2 is 1.68 bits per heavy atom. The number of aliphatic hydroxyl groups is 2. The zero-order valence-corrected chi connectivity index (χ0v) is 20.1. The SMILES string of the molecule is C[C@@H]1CC[C@@]2(OC1)O[C@H]1C[C@H]3[C@@H]4CC[C@@H]5C[C@@H](O)CC[C@]5(C)[C@H]4[C@H](O)C[C@]3(C)[C@H]1[C@@H]2C. The van der Waals surface area contributed by atoms with Crippen LogP contribution in [0.1, 0.15) is 85.5 Å². The van der Waals surface area contributed by atoms with Crippen LogP contribution in [0.5, 0.6) is 0 Å². The summed E-state index contributed by atoms with van der Waals surface area (Å²) in [5, 5.41) is 22.0. The molecular formula is C27H44O4. The van der Waals surface area contributed by atoms with Crippen LogP contribution in [0.25, 0.3) is 0 Å². The molecule has 0 unspecified atom stereocenters. The van der Waals surface area contributed by atoms with Gasteiger partial charge in [0.2, 0.25) is 0 Å². The maximum absolute atomic E-state index is 11.7. The topological polar surface area (TPSA) is 58.9 Å². The maximum atomic E-state index is 11.7. The van der Waals surface area contributed by atoms with E-state index in [0.717, 1.165) is 45.1 Å². The normalized spacial score (nSPS) is 63.3. The molecule has 0 amide bonds. The molecule has 13 atom stereocenters. The van der Waals surface area contributed by atoms with Gasteiger partial charge < -0.3 is 19.7 Å². The van der Waals surface area contributed by atoms with Crippen molar-refractivity contribution in [1.82, 2.24) is 0 Å². The number of aliphatic hydroxyl groups excluding tert-OH is 2. The summed E-state index contributed by atoms with van der Waals surface area (Å²) >= 11 is 0. The summed E-state index contributed by atoms with van der Waals surface area (Å²) in [6.07, 6.45) is 9.63. The average Bonchev–Trinajstić information content (AvgIpc) is 3.15. The van der Waals surface area contributed by atoms with Crippen molar-refractivity contribution in [2.24, 2.45) is 52.3 Å². The van der Waals surface area contributed by atoms with E-state index in [9.17, 15) is 10.2 Å². The second kappa shape index (κ2) is 6.93. The van der Waals surface area contributed by atoms with Crippen LogP contribution in [0.2, 0.25) is 0 Å². The smallest absolute Gasteiger partial charge is 0.171 e. The summed E-state index contributed by atoms with van der Waals surface area (Å²) < 4.78 is 13.3. The van der Waals surface area contributed by atoms with Crippen LogP contribution >= 0.6 is 0 Å². The van der Waals surface area contributed by atoms with Gasteiger partial charge in [0, 0.05) is 12.3 Å². The van der Waals surface area contributed by atoms with E-state index in [4.69, 9.17) is 9.47 Å². The lowest BCUT2D eigenvalue weighted by Crippen LogP contribution is -2.59. The molecule has 6 aliphatic rings. The van der Waals surface area contributed by atoms with Crippen molar-refractivity contribution in [2.75, 3.05) is 6.61 Å². The van der Waals surface area contributed by atoms with Gasteiger partial charge in [-0.1, -0.05) is 27.7 Å². The minimum Gasteiger partial charge on any atom is -0.393 e. The molecule has 0 bridgehead atoms. The molecule has 2 heterocycles. The van der Waals surface area contributed by atoms with Crippen molar-refractivity contribution in [3.05, 3.63) is 0 Å². The molecule has 2 aliphatic heterocycles. The lowest BCUT2D eigenvalue weighted by atomic mass is 9.43. The van der Waals surface area contributed by atoms with Crippen LogP contribution in [0.15, 0.2) is 0 Å². The average molecular weight is 433 g/mol. The largest absolute Gasteiger partial charge is 0.393 e. The first-order valence-electron chi connectivity index (χ1n) is 13.4. The lowest BCUT2D eigenvalue weighted by molar-refractivity contribution is -0.274. The third-order valence-electron chi connectivity index (χ3n) is 11.8. The summed E-state index contributed by atoms with van der Waals surface area (Å²) in [6, 6.07) is 0. The predicted molar refractivity (Wildman–Crippen MR) is 119 cm³/mol. The first-order chi connectivity index (χ1) is 14.7. The third-order valence-corrected chi connectivity index (χ3v) is 11.8. The monoisotopic (exact) mass is 432 g/mol. The standard InChI is InChI=1S/C27H44O4/c1-15-7-10-27(30-14-15)16(2)23-22(31-27)12-20-19-6-5-17-11-18(28)8-9-25(17,3)24(19)21(29)13-26(20,23)4/h15-24,28-29H,5-14H2,1-4H3/t15-,16+,17-,18+,19+,20+,21-,22+,23+,24-,25+,26+,27-/m1/s1. The molecular weight excluding hydrogens is 388 g/mol. The fourth-order valence-corrected chi connectivity index (χ4v) is 10.4. The highest BCUT2D eigenvalue weighted by Crippen LogP contribution is 2.71. The van der Waals surface area contributed by atoms with Gasteiger partial charge in [0.15, 0.2) is 5.79 Å². The molecule has 0 radical (unpaired) electrons. The van der Waals surface area contributed by atoms with Crippen LogP contribution in [0, 0.1) is 52.3 Å². The fourth-order valence-electron chi connectivity index (χ4n) is 10.4. The van der Waals surface area contributed by atoms with Gasteiger partial charge in [0.25, 0.3) is 0 Å². The molecule has 6 rings (SSSR count). The van der Waals surface area contributed by atoms with Crippen LogP contribution in [0.3, 0.4) is 0 Å². The molecule has 4 nitrogen and oxygen atoms in total. The maximum Gasteiger partial charge on any atom is 0.171 e. The van der Waals surface area contributed by atoms with Gasteiger partial charge >= 0.3 is 0 Å². The van der Waals surface area contributed by atoms with Gasteiger partial charge in [-0.3, -0.25) is 0 Å². The predicted octanol–water partition coefficient (Wildman–Crippen LogP) is 4.76. The van der Waals surface area contributed by atoms with Gasteiger partial charge in [-0.05, 0) is 97.7 Å². The Kier molecular flexibility index (Phi) is 4.78. The third kappa shape index (κ3) is 2.80. The molecule has 2 saturated heterocycles. The van der Waals surface area contributed by atoms with Gasteiger partial charge in [-0.2, -0.15) is 0 Å². The van der Waals surface area contributed by atoms with Crippen LogP contribution in [-0.2, 0) is 9.47 Å². The van der Waals surface area contributed by atoms with Crippen molar-refractivity contribution < 1.29 is 19.7 Å². The molecule has 2 N–H and O–H groups in total. The lowest BCUT2D eigenvalue weighted by Gasteiger charge is -2.62. The molecule has 4 saturated carbocycles. The number of hydrogen-bond donors (Lipinski definition) is 2. The van der Waals surface area contributed by atoms with Crippen molar-refractivity contribution in [3.8, 4) is 0 Å². The zero-order chi connectivity index (χ0) is 21.8. The van der Waals surface area contributed by atoms with Gasteiger partial charge in [0.1, 0.15) is 0 Å². The highest BCUT2D eigenvalue weighted by Gasteiger charge is 2.70. The van der Waals surface area contributed by atoms with E-state index in [-0.39, 0.29) is 28.8 Å². The van der Waals surface area contributed by atoms with Crippen molar-refractivity contribution >= 4 is 0 Å². The van der Waals surface area contributed by atoms with Gasteiger partial charge in [-0.25, -0.2) is 0 Å². The van der Waals surface area contributed by atoms with Gasteiger partial charge in [-0.15, -0.1) is 0 Å². The Labute approximate surface area is 188 Å². The molecule has 0 aromatic carbocycles. The Hall–Kier alpha value is -0.160. The molecule has 4 heteroatoms. The van der Waals surface area contributed by atoms with Crippen LogP contribution < -0.4 is 0 Å². The van der Waals surface area contributed by atoms with E-state index in [1.54, 1.807) is 0 Å².